The van der Waals surface area contributed by atoms with Crippen LogP contribution in [-0.4, -0.2) is 56.4 Å². The van der Waals surface area contributed by atoms with E-state index in [9.17, 15) is 9.59 Å². The molecule has 3 rings (SSSR count). The van der Waals surface area contributed by atoms with E-state index in [1.165, 1.54) is 0 Å². The summed E-state index contributed by atoms with van der Waals surface area (Å²) in [6, 6.07) is 8.10. The molecule has 1 aliphatic carbocycles. The van der Waals surface area contributed by atoms with E-state index < -0.39 is 0 Å². The first kappa shape index (κ1) is 26.4. The summed E-state index contributed by atoms with van der Waals surface area (Å²) in [5, 5.41) is 6.71. The van der Waals surface area contributed by atoms with Crippen molar-refractivity contribution in [3.05, 3.63) is 29.8 Å². The first-order valence-electron chi connectivity index (χ1n) is 11.6. The van der Waals surface area contributed by atoms with E-state index in [2.05, 4.69) is 10.6 Å². The molecule has 1 saturated heterocycles. The van der Waals surface area contributed by atoms with Crippen molar-refractivity contribution in [3.8, 4) is 0 Å². The van der Waals surface area contributed by atoms with Crippen LogP contribution >= 0.6 is 24.0 Å². The minimum atomic E-state index is -0.331. The van der Waals surface area contributed by atoms with Gasteiger partial charge in [-0.2, -0.15) is 0 Å². The molecule has 0 radical (unpaired) electrons. The lowest BCUT2D eigenvalue weighted by molar-refractivity contribution is -0.138. The third-order valence-electron chi connectivity index (χ3n) is 6.35. The Morgan fingerprint density at radius 1 is 1.09 bits per heavy atom. The Hall–Kier alpha value is -1.84. The summed E-state index contributed by atoms with van der Waals surface area (Å²) in [7, 11) is 3.67. The van der Waals surface area contributed by atoms with E-state index in [1.54, 1.807) is 4.90 Å². The topological polar surface area (TPSA) is 77.0 Å². The Bertz CT molecular complexity index is 788. The Morgan fingerprint density at radius 3 is 2.38 bits per heavy atom. The second-order valence-corrected chi connectivity index (χ2v) is 8.90. The van der Waals surface area contributed by atoms with Crippen LogP contribution in [0.3, 0.4) is 0 Å². The van der Waals surface area contributed by atoms with Crippen LogP contribution in [0, 0.1) is 5.41 Å². The zero-order valence-corrected chi connectivity index (χ0v) is 22.0. The normalized spacial score (nSPS) is 18.2. The molecule has 0 unspecified atom stereocenters. The monoisotopic (exact) mass is 555 g/mol. The largest absolute Gasteiger partial charge is 0.357 e. The zero-order valence-electron chi connectivity index (χ0n) is 19.7. The average molecular weight is 556 g/mol. The number of carbonyl (C=O) groups excluding carboxylic acids is 2. The van der Waals surface area contributed by atoms with Gasteiger partial charge < -0.3 is 20.4 Å². The third-order valence-corrected chi connectivity index (χ3v) is 6.35. The lowest BCUT2D eigenvalue weighted by Gasteiger charge is -2.31. The highest BCUT2D eigenvalue weighted by Crippen LogP contribution is 2.38. The number of aliphatic imine (C=N–C) groups is 1. The number of hydrogen-bond donors (Lipinski definition) is 2. The molecule has 2 fully saturated rings. The highest BCUT2D eigenvalue weighted by molar-refractivity contribution is 14.0. The molecule has 32 heavy (non-hydrogen) atoms. The van der Waals surface area contributed by atoms with E-state index >= 15 is 0 Å². The maximum atomic E-state index is 12.8. The highest BCUT2D eigenvalue weighted by atomic mass is 127. The van der Waals surface area contributed by atoms with E-state index in [0.717, 1.165) is 68.8 Å². The Balaban J connectivity index is 0.00000363. The number of carbonyl (C=O) groups is 2. The van der Waals surface area contributed by atoms with Crippen molar-refractivity contribution < 1.29 is 9.59 Å². The van der Waals surface area contributed by atoms with Crippen molar-refractivity contribution in [1.82, 2.24) is 15.5 Å². The van der Waals surface area contributed by atoms with E-state index in [4.69, 9.17) is 4.99 Å². The van der Waals surface area contributed by atoms with Crippen LogP contribution in [0.1, 0.15) is 57.4 Å². The number of piperidine rings is 1. The molecular formula is C24H38IN5O2. The fourth-order valence-electron chi connectivity index (χ4n) is 4.62. The van der Waals surface area contributed by atoms with Crippen LogP contribution in [0.4, 0.5) is 5.69 Å². The Labute approximate surface area is 209 Å². The van der Waals surface area contributed by atoms with Crippen molar-refractivity contribution in [2.45, 2.75) is 58.4 Å². The summed E-state index contributed by atoms with van der Waals surface area (Å²) in [6.45, 7) is 4.75. The van der Waals surface area contributed by atoms with E-state index in [1.807, 2.05) is 50.2 Å². The summed E-state index contributed by atoms with van der Waals surface area (Å²) in [4.78, 5) is 33.2. The minimum absolute atomic E-state index is 0. The van der Waals surface area contributed by atoms with Gasteiger partial charge in [0.25, 0.3) is 0 Å². The standard InChI is InChI=1S/C24H37N5O2.HI/c1-4-25-23(27-18-24(14-6-7-15-24)22(31)28(2)3)26-17-19-10-12-20(13-11-19)29-16-8-5-9-21(29)30;/h10-13H,4-9,14-18H2,1-3H3,(H2,25,26,27);1H. The summed E-state index contributed by atoms with van der Waals surface area (Å²) in [5.41, 5.74) is 1.72. The quantitative estimate of drug-likeness (QED) is 0.307. The van der Waals surface area contributed by atoms with Crippen LogP contribution < -0.4 is 15.5 Å². The van der Waals surface area contributed by atoms with Crippen LogP contribution in [-0.2, 0) is 16.1 Å². The van der Waals surface area contributed by atoms with Gasteiger partial charge in [0.15, 0.2) is 5.96 Å². The van der Waals surface area contributed by atoms with Gasteiger partial charge in [0, 0.05) is 45.8 Å². The molecule has 0 aromatic heterocycles. The molecule has 1 aromatic rings. The molecule has 2 N–H and O–H groups in total. The second kappa shape index (κ2) is 12.4. The highest BCUT2D eigenvalue weighted by Gasteiger charge is 2.42. The summed E-state index contributed by atoms with van der Waals surface area (Å²) in [5.74, 6) is 1.15. The molecule has 0 bridgehead atoms. The van der Waals surface area contributed by atoms with Gasteiger partial charge in [-0.15, -0.1) is 24.0 Å². The average Bonchev–Trinajstić information content (AvgIpc) is 3.26. The van der Waals surface area contributed by atoms with Gasteiger partial charge in [0.1, 0.15) is 0 Å². The van der Waals surface area contributed by atoms with Gasteiger partial charge in [-0.25, -0.2) is 4.99 Å². The summed E-state index contributed by atoms with van der Waals surface area (Å²) < 4.78 is 0. The number of halogens is 1. The number of nitrogens with one attached hydrogen (secondary N) is 2. The van der Waals surface area contributed by atoms with Crippen molar-refractivity contribution in [3.63, 3.8) is 0 Å². The number of guanidine groups is 1. The maximum Gasteiger partial charge on any atom is 0.230 e. The molecule has 1 aromatic carbocycles. The van der Waals surface area contributed by atoms with Crippen molar-refractivity contribution in [2.24, 2.45) is 10.4 Å². The first-order valence-corrected chi connectivity index (χ1v) is 11.6. The van der Waals surface area contributed by atoms with Crippen LogP contribution in [0.25, 0.3) is 0 Å². The molecule has 1 aliphatic heterocycles. The molecule has 178 valence electrons. The van der Waals surface area contributed by atoms with E-state index in [-0.39, 0.29) is 41.2 Å². The Morgan fingerprint density at radius 2 is 1.78 bits per heavy atom. The number of nitrogens with zero attached hydrogens (tertiary/aromatic N) is 3. The molecule has 8 heteroatoms. The van der Waals surface area contributed by atoms with Gasteiger partial charge in [-0.3, -0.25) is 9.59 Å². The van der Waals surface area contributed by atoms with Crippen molar-refractivity contribution >= 4 is 47.4 Å². The Kier molecular flexibility index (Phi) is 10.2. The fraction of sp³-hybridized carbons (Fsp3) is 0.625. The van der Waals surface area contributed by atoms with Crippen molar-refractivity contribution in [2.75, 3.05) is 38.6 Å². The SMILES string of the molecule is CCNC(=NCc1ccc(N2CCCCC2=O)cc1)NCC1(C(=O)N(C)C)CCCC1.I. The van der Waals surface area contributed by atoms with Crippen molar-refractivity contribution in [1.29, 1.82) is 0 Å². The lowest BCUT2D eigenvalue weighted by atomic mass is 9.84. The second-order valence-electron chi connectivity index (χ2n) is 8.90. The summed E-state index contributed by atoms with van der Waals surface area (Å²) >= 11 is 0. The maximum absolute atomic E-state index is 12.8. The van der Waals surface area contributed by atoms with Gasteiger partial charge in [-0.1, -0.05) is 25.0 Å². The van der Waals surface area contributed by atoms with Gasteiger partial charge in [0.05, 0.1) is 12.0 Å². The number of amides is 2. The van der Waals surface area contributed by atoms with Gasteiger partial charge in [-0.05, 0) is 50.3 Å². The zero-order chi connectivity index (χ0) is 22.3. The predicted molar refractivity (Wildman–Crippen MR) is 140 cm³/mol. The number of anilines is 1. The lowest BCUT2D eigenvalue weighted by Crippen LogP contribution is -2.49. The molecule has 1 heterocycles. The van der Waals surface area contributed by atoms with Gasteiger partial charge in [0.2, 0.25) is 11.8 Å². The van der Waals surface area contributed by atoms with Gasteiger partial charge >= 0.3 is 0 Å². The number of rotatable bonds is 7. The molecule has 1 saturated carbocycles. The third kappa shape index (κ3) is 6.59. The molecule has 2 aliphatic rings. The van der Waals surface area contributed by atoms with Crippen LogP contribution in [0.5, 0.6) is 0 Å². The number of benzene rings is 1. The molecule has 2 amide bonds. The predicted octanol–water partition coefficient (Wildman–Crippen LogP) is 3.53. The van der Waals surface area contributed by atoms with E-state index in [0.29, 0.717) is 19.5 Å². The molecule has 0 atom stereocenters. The van der Waals surface area contributed by atoms with Crippen LogP contribution in [0.15, 0.2) is 29.3 Å². The summed E-state index contributed by atoms with van der Waals surface area (Å²) in [6.07, 6.45) is 6.74. The van der Waals surface area contributed by atoms with Crippen LogP contribution in [0.2, 0.25) is 0 Å². The molecule has 7 nitrogen and oxygen atoms in total. The molecular weight excluding hydrogens is 517 g/mol. The number of hydrogen-bond acceptors (Lipinski definition) is 3. The smallest absolute Gasteiger partial charge is 0.230 e. The molecule has 0 spiro atoms. The minimum Gasteiger partial charge on any atom is -0.357 e. The fourth-order valence-corrected chi connectivity index (χ4v) is 4.62. The first-order chi connectivity index (χ1) is 14.9.